The van der Waals surface area contributed by atoms with Gasteiger partial charge in [-0.3, -0.25) is 4.68 Å². The lowest BCUT2D eigenvalue weighted by Gasteiger charge is -2.08. The molecule has 0 radical (unpaired) electrons. The van der Waals surface area contributed by atoms with Crippen LogP contribution in [0.2, 0.25) is 0 Å². The van der Waals surface area contributed by atoms with E-state index in [0.29, 0.717) is 12.1 Å². The Labute approximate surface area is 137 Å². The summed E-state index contributed by atoms with van der Waals surface area (Å²) >= 11 is 0. The summed E-state index contributed by atoms with van der Waals surface area (Å²) in [5.41, 5.74) is 2.02. The molecular formula is C18H15F2N3O. The number of oxime groups is 1. The number of nitrogens with zero attached hydrogens (tertiary/aromatic N) is 3. The van der Waals surface area contributed by atoms with E-state index in [9.17, 15) is 8.78 Å². The molecule has 3 aromatic rings. The van der Waals surface area contributed by atoms with Crippen molar-refractivity contribution in [3.05, 3.63) is 78.0 Å². The summed E-state index contributed by atoms with van der Waals surface area (Å²) in [4.78, 5) is 4.85. The van der Waals surface area contributed by atoms with E-state index in [2.05, 4.69) is 16.8 Å². The van der Waals surface area contributed by atoms with Gasteiger partial charge in [-0.1, -0.05) is 17.3 Å². The maximum absolute atomic E-state index is 14.1. The third kappa shape index (κ3) is 2.90. The van der Waals surface area contributed by atoms with Crippen molar-refractivity contribution in [2.45, 2.75) is 6.54 Å². The fourth-order valence-electron chi connectivity index (χ4n) is 2.53. The van der Waals surface area contributed by atoms with Crippen molar-refractivity contribution in [1.29, 1.82) is 0 Å². The maximum atomic E-state index is 14.1. The summed E-state index contributed by atoms with van der Waals surface area (Å²) in [7, 11) is 1.38. The predicted octanol–water partition coefficient (Wildman–Crippen LogP) is 3.90. The second-order valence-electron chi connectivity index (χ2n) is 5.14. The molecule has 0 saturated carbocycles. The molecule has 1 aromatic heterocycles. The highest BCUT2D eigenvalue weighted by molar-refractivity contribution is 6.14. The van der Waals surface area contributed by atoms with Crippen molar-refractivity contribution in [2.24, 2.45) is 5.16 Å². The monoisotopic (exact) mass is 327 g/mol. The minimum absolute atomic E-state index is 0.163. The summed E-state index contributed by atoms with van der Waals surface area (Å²) in [6.45, 7) is 4.29. The van der Waals surface area contributed by atoms with Gasteiger partial charge in [0, 0.05) is 22.6 Å². The first kappa shape index (κ1) is 15.9. The zero-order valence-electron chi connectivity index (χ0n) is 13.0. The topological polar surface area (TPSA) is 39.4 Å². The zero-order chi connectivity index (χ0) is 17.1. The average molecular weight is 327 g/mol. The molecule has 0 bridgehead atoms. The number of aromatic nitrogens is 2. The normalized spacial score (nSPS) is 11.7. The average Bonchev–Trinajstić information content (AvgIpc) is 2.96. The second kappa shape index (κ2) is 6.62. The minimum atomic E-state index is -0.701. The van der Waals surface area contributed by atoms with Gasteiger partial charge in [0.15, 0.2) is 0 Å². The van der Waals surface area contributed by atoms with Gasteiger partial charge in [-0.05, 0) is 24.3 Å². The first-order valence-electron chi connectivity index (χ1n) is 7.27. The highest BCUT2D eigenvalue weighted by Gasteiger charge is 2.15. The summed E-state index contributed by atoms with van der Waals surface area (Å²) in [5.74, 6) is -1.34. The largest absolute Gasteiger partial charge is 0.399 e. The van der Waals surface area contributed by atoms with Gasteiger partial charge in [0.05, 0.1) is 18.3 Å². The fourth-order valence-corrected chi connectivity index (χ4v) is 2.53. The molecule has 1 heterocycles. The van der Waals surface area contributed by atoms with E-state index in [1.165, 1.54) is 19.2 Å². The van der Waals surface area contributed by atoms with Crippen molar-refractivity contribution in [2.75, 3.05) is 7.11 Å². The molecule has 0 spiro atoms. The quantitative estimate of drug-likeness (QED) is 0.405. The van der Waals surface area contributed by atoms with Gasteiger partial charge in [-0.15, -0.1) is 6.58 Å². The molecule has 0 aliphatic carbocycles. The Hall–Kier alpha value is -3.02. The Kier molecular flexibility index (Phi) is 4.37. The van der Waals surface area contributed by atoms with Gasteiger partial charge in [0.25, 0.3) is 0 Å². The van der Waals surface area contributed by atoms with Gasteiger partial charge in [0.2, 0.25) is 0 Å². The summed E-state index contributed by atoms with van der Waals surface area (Å²) in [6.07, 6.45) is 3.47. The van der Waals surface area contributed by atoms with Gasteiger partial charge >= 0.3 is 0 Å². The molecular weight excluding hydrogens is 312 g/mol. The Bertz CT molecular complexity index is 931. The molecule has 122 valence electrons. The number of allylic oxidation sites excluding steroid dienone is 1. The molecule has 2 aromatic carbocycles. The SMILES string of the molecule is C=CCn1ncc2cc(/C(=N/OC)c3ccc(F)cc3F)ccc21. The van der Waals surface area contributed by atoms with Crippen molar-refractivity contribution in [1.82, 2.24) is 9.78 Å². The van der Waals surface area contributed by atoms with Gasteiger partial charge < -0.3 is 4.84 Å². The lowest BCUT2D eigenvalue weighted by molar-refractivity contribution is 0.214. The minimum Gasteiger partial charge on any atom is -0.399 e. The van der Waals surface area contributed by atoms with Gasteiger partial charge in [-0.25, -0.2) is 8.78 Å². The first-order chi connectivity index (χ1) is 11.6. The van der Waals surface area contributed by atoms with Crippen LogP contribution in [0.3, 0.4) is 0 Å². The van der Waals surface area contributed by atoms with E-state index in [1.807, 2.05) is 12.1 Å². The van der Waals surface area contributed by atoms with Crippen LogP contribution in [0.4, 0.5) is 8.78 Å². The van der Waals surface area contributed by atoms with Crippen LogP contribution in [0.5, 0.6) is 0 Å². The van der Waals surface area contributed by atoms with Crippen LogP contribution in [-0.4, -0.2) is 22.6 Å². The molecule has 6 heteroatoms. The van der Waals surface area contributed by atoms with E-state index in [-0.39, 0.29) is 11.3 Å². The maximum Gasteiger partial charge on any atom is 0.135 e. The zero-order valence-corrected chi connectivity index (χ0v) is 13.0. The molecule has 0 aliphatic heterocycles. The fraction of sp³-hybridized carbons (Fsp3) is 0.111. The Morgan fingerprint density at radius 1 is 1.29 bits per heavy atom. The van der Waals surface area contributed by atoms with E-state index < -0.39 is 11.6 Å². The Balaban J connectivity index is 2.11. The van der Waals surface area contributed by atoms with Crippen LogP contribution in [0, 0.1) is 11.6 Å². The van der Waals surface area contributed by atoms with Crippen LogP contribution in [0.1, 0.15) is 11.1 Å². The molecule has 0 aliphatic rings. The van der Waals surface area contributed by atoms with Crippen LogP contribution in [0.25, 0.3) is 10.9 Å². The third-order valence-electron chi connectivity index (χ3n) is 3.59. The lowest BCUT2D eigenvalue weighted by atomic mass is 10.0. The molecule has 0 unspecified atom stereocenters. The highest BCUT2D eigenvalue weighted by atomic mass is 19.1. The highest BCUT2D eigenvalue weighted by Crippen LogP contribution is 2.21. The van der Waals surface area contributed by atoms with E-state index in [0.717, 1.165) is 17.0 Å². The number of hydrogen-bond acceptors (Lipinski definition) is 3. The Morgan fingerprint density at radius 3 is 2.83 bits per heavy atom. The molecule has 0 fully saturated rings. The number of hydrogen-bond donors (Lipinski definition) is 0. The van der Waals surface area contributed by atoms with Crippen LogP contribution in [-0.2, 0) is 11.4 Å². The van der Waals surface area contributed by atoms with Gasteiger partial charge in [-0.2, -0.15) is 5.10 Å². The lowest BCUT2D eigenvalue weighted by Crippen LogP contribution is -2.07. The van der Waals surface area contributed by atoms with Crippen molar-refractivity contribution in [3.63, 3.8) is 0 Å². The molecule has 3 rings (SSSR count). The van der Waals surface area contributed by atoms with Crippen molar-refractivity contribution >= 4 is 16.6 Å². The molecule has 4 nitrogen and oxygen atoms in total. The molecule has 0 N–H and O–H groups in total. The van der Waals surface area contributed by atoms with Gasteiger partial charge in [0.1, 0.15) is 24.5 Å². The van der Waals surface area contributed by atoms with E-state index >= 15 is 0 Å². The smallest absolute Gasteiger partial charge is 0.135 e. The van der Waals surface area contributed by atoms with Crippen LogP contribution in [0.15, 0.2) is 60.4 Å². The predicted molar refractivity (Wildman–Crippen MR) is 88.9 cm³/mol. The summed E-state index contributed by atoms with van der Waals surface area (Å²) in [5, 5.41) is 9.08. The van der Waals surface area contributed by atoms with Crippen molar-refractivity contribution < 1.29 is 13.6 Å². The molecule has 0 saturated heterocycles. The third-order valence-corrected chi connectivity index (χ3v) is 3.59. The number of rotatable bonds is 5. The first-order valence-corrected chi connectivity index (χ1v) is 7.27. The van der Waals surface area contributed by atoms with Crippen molar-refractivity contribution in [3.8, 4) is 0 Å². The standard InChI is InChI=1S/C18H15F2N3O/c1-3-8-23-17-7-4-12(9-13(17)11-21-23)18(22-24-2)15-6-5-14(19)10-16(15)20/h3-7,9-11H,1,8H2,2H3/b22-18-. The number of benzene rings is 2. The van der Waals surface area contributed by atoms with Crippen LogP contribution >= 0.6 is 0 Å². The molecule has 0 atom stereocenters. The van der Waals surface area contributed by atoms with Crippen LogP contribution < -0.4 is 0 Å². The number of fused-ring (bicyclic) bond motifs is 1. The van der Waals surface area contributed by atoms with E-state index in [4.69, 9.17) is 4.84 Å². The summed E-state index contributed by atoms with van der Waals surface area (Å²) < 4.78 is 29.1. The second-order valence-corrected chi connectivity index (χ2v) is 5.14. The van der Waals surface area contributed by atoms with E-state index in [1.54, 1.807) is 23.0 Å². The number of halogens is 2. The molecule has 0 amide bonds. The molecule has 24 heavy (non-hydrogen) atoms. The Morgan fingerprint density at radius 2 is 2.12 bits per heavy atom. The summed E-state index contributed by atoms with van der Waals surface area (Å²) in [6, 6.07) is 8.85.